The highest BCUT2D eigenvalue weighted by atomic mass is 16.7. The van der Waals surface area contributed by atoms with E-state index in [-0.39, 0.29) is 19.4 Å². The number of piperidine rings is 1. The minimum atomic E-state index is 0.0715. The molecule has 154 valence electrons. The smallest absolute Gasteiger partial charge is 0.231 e. The number of hydrogen-bond acceptors (Lipinski definition) is 6. The van der Waals surface area contributed by atoms with Gasteiger partial charge in [0.15, 0.2) is 28.8 Å². The number of ether oxygens (including phenoxy) is 4. The van der Waals surface area contributed by atoms with Crippen LogP contribution >= 0.6 is 0 Å². The average Bonchev–Trinajstić information content (AvgIpc) is 3.39. The molecule has 2 aromatic carbocycles. The van der Waals surface area contributed by atoms with E-state index in [2.05, 4.69) is 18.7 Å². The van der Waals surface area contributed by atoms with Crippen LogP contribution in [0.1, 0.15) is 25.0 Å². The molecule has 0 radical (unpaired) electrons. The molecular weight excluding hydrogens is 382 g/mol. The Morgan fingerprint density at radius 1 is 0.767 bits per heavy atom. The van der Waals surface area contributed by atoms with Gasteiger partial charge < -0.3 is 18.9 Å². The predicted octanol–water partition coefficient (Wildman–Crippen LogP) is 3.90. The molecule has 0 N–H and O–H groups in total. The zero-order valence-corrected chi connectivity index (χ0v) is 17.0. The summed E-state index contributed by atoms with van der Waals surface area (Å²) in [5, 5.41) is 0. The van der Waals surface area contributed by atoms with Gasteiger partial charge in [-0.25, -0.2) is 0 Å². The molecule has 3 aliphatic heterocycles. The molecule has 6 nitrogen and oxygen atoms in total. The summed E-state index contributed by atoms with van der Waals surface area (Å²) in [7, 11) is 0. The number of likely N-dealkylation sites (tertiary alicyclic amines) is 1. The number of hydrogen-bond donors (Lipinski definition) is 0. The lowest BCUT2D eigenvalue weighted by Gasteiger charge is -2.32. The second-order valence-corrected chi connectivity index (χ2v) is 7.89. The first-order chi connectivity index (χ1) is 14.6. The molecule has 6 heteroatoms. The van der Waals surface area contributed by atoms with Gasteiger partial charge in [0.1, 0.15) is 0 Å². The van der Waals surface area contributed by atoms with E-state index in [1.807, 2.05) is 48.6 Å². The SMILES string of the molecule is CC(C)N1C/C(=C/c2ccc3c(c2)OCO3)C(=O)/C(=C/c2ccc3c(c2)OCO3)C1. The van der Waals surface area contributed by atoms with E-state index in [0.29, 0.717) is 30.6 Å². The highest BCUT2D eigenvalue weighted by molar-refractivity contribution is 6.14. The summed E-state index contributed by atoms with van der Waals surface area (Å²) in [5.74, 6) is 2.97. The minimum absolute atomic E-state index is 0.0715. The second kappa shape index (κ2) is 7.54. The van der Waals surface area contributed by atoms with Crippen LogP contribution in [0, 0.1) is 0 Å². The standard InChI is InChI=1S/C24H23NO5/c1-15(2)25-11-18(7-16-3-5-20-22(9-16)29-13-27-20)24(26)19(12-25)8-17-4-6-21-23(10-17)30-14-28-21/h3-10,15H,11-14H2,1-2H3/b18-7-,19-8+. The monoisotopic (exact) mass is 405 g/mol. The lowest BCUT2D eigenvalue weighted by molar-refractivity contribution is -0.113. The molecule has 3 aliphatic rings. The number of carbonyl (C=O) groups is 1. The van der Waals surface area contributed by atoms with Crippen molar-refractivity contribution in [3.8, 4) is 23.0 Å². The minimum Gasteiger partial charge on any atom is -0.454 e. The molecule has 0 saturated carbocycles. The van der Waals surface area contributed by atoms with Crippen LogP contribution in [0.15, 0.2) is 47.5 Å². The molecule has 0 unspecified atom stereocenters. The molecule has 0 atom stereocenters. The van der Waals surface area contributed by atoms with Gasteiger partial charge in [0.2, 0.25) is 13.6 Å². The van der Waals surface area contributed by atoms with Crippen LogP contribution < -0.4 is 18.9 Å². The zero-order chi connectivity index (χ0) is 20.7. The maximum Gasteiger partial charge on any atom is 0.231 e. The molecule has 0 aliphatic carbocycles. The first-order valence-corrected chi connectivity index (χ1v) is 10.1. The van der Waals surface area contributed by atoms with Crippen LogP contribution in [-0.4, -0.2) is 43.4 Å². The lowest BCUT2D eigenvalue weighted by atomic mass is 9.93. The van der Waals surface area contributed by atoms with Crippen LogP contribution in [0.4, 0.5) is 0 Å². The van der Waals surface area contributed by atoms with E-state index < -0.39 is 0 Å². The molecule has 5 rings (SSSR count). The third-order valence-corrected chi connectivity index (χ3v) is 5.54. The summed E-state index contributed by atoms with van der Waals surface area (Å²) in [6, 6.07) is 11.8. The summed E-state index contributed by atoms with van der Waals surface area (Å²) in [6.45, 7) is 5.99. The Bertz CT molecular complexity index is 990. The predicted molar refractivity (Wildman–Crippen MR) is 113 cm³/mol. The first kappa shape index (κ1) is 18.8. The number of ketones is 1. The van der Waals surface area contributed by atoms with Gasteiger partial charge in [0, 0.05) is 30.3 Å². The number of rotatable bonds is 3. The van der Waals surface area contributed by atoms with Crippen molar-refractivity contribution < 1.29 is 23.7 Å². The molecule has 1 saturated heterocycles. The largest absolute Gasteiger partial charge is 0.454 e. The first-order valence-electron chi connectivity index (χ1n) is 10.1. The summed E-state index contributed by atoms with van der Waals surface area (Å²) >= 11 is 0. The van der Waals surface area contributed by atoms with E-state index in [4.69, 9.17) is 18.9 Å². The van der Waals surface area contributed by atoms with Crippen molar-refractivity contribution in [3.05, 3.63) is 58.7 Å². The van der Waals surface area contributed by atoms with Crippen molar-refractivity contribution in [2.24, 2.45) is 0 Å². The van der Waals surface area contributed by atoms with Crippen molar-refractivity contribution in [3.63, 3.8) is 0 Å². The van der Waals surface area contributed by atoms with Gasteiger partial charge in [-0.1, -0.05) is 12.1 Å². The third-order valence-electron chi connectivity index (χ3n) is 5.54. The van der Waals surface area contributed by atoms with Crippen LogP contribution in [0.3, 0.4) is 0 Å². The van der Waals surface area contributed by atoms with E-state index in [1.54, 1.807) is 0 Å². The number of Topliss-reactive ketones (excluding diaryl/α,β-unsaturated/α-hetero) is 1. The average molecular weight is 405 g/mol. The van der Waals surface area contributed by atoms with Crippen LogP contribution in [0.25, 0.3) is 12.2 Å². The maximum atomic E-state index is 13.3. The van der Waals surface area contributed by atoms with Gasteiger partial charge in [-0.15, -0.1) is 0 Å². The summed E-state index contributed by atoms with van der Waals surface area (Å²) in [6.07, 6.45) is 3.90. The molecule has 0 spiro atoms. The fourth-order valence-corrected chi connectivity index (χ4v) is 3.84. The molecule has 2 aromatic rings. The highest BCUT2D eigenvalue weighted by Crippen LogP contribution is 2.35. The fourth-order valence-electron chi connectivity index (χ4n) is 3.84. The van der Waals surface area contributed by atoms with Gasteiger partial charge >= 0.3 is 0 Å². The lowest BCUT2D eigenvalue weighted by Crippen LogP contribution is -2.41. The van der Waals surface area contributed by atoms with E-state index in [0.717, 1.165) is 33.8 Å². The van der Waals surface area contributed by atoms with Crippen molar-refractivity contribution in [2.45, 2.75) is 19.9 Å². The van der Waals surface area contributed by atoms with E-state index in [1.165, 1.54) is 0 Å². The van der Waals surface area contributed by atoms with Crippen molar-refractivity contribution in [2.75, 3.05) is 26.7 Å². The maximum absolute atomic E-state index is 13.3. The molecule has 0 amide bonds. The quantitative estimate of drug-likeness (QED) is 0.722. The fraction of sp³-hybridized carbons (Fsp3) is 0.292. The number of nitrogens with zero attached hydrogens (tertiary/aromatic N) is 1. The second-order valence-electron chi connectivity index (χ2n) is 7.89. The highest BCUT2D eigenvalue weighted by Gasteiger charge is 2.28. The summed E-state index contributed by atoms with van der Waals surface area (Å²) in [4.78, 5) is 15.6. The Hall–Kier alpha value is -3.25. The topological polar surface area (TPSA) is 57.2 Å². The third kappa shape index (κ3) is 3.55. The van der Waals surface area contributed by atoms with E-state index >= 15 is 0 Å². The van der Waals surface area contributed by atoms with Crippen LogP contribution in [0.2, 0.25) is 0 Å². The number of carbonyl (C=O) groups excluding carboxylic acids is 1. The van der Waals surface area contributed by atoms with Gasteiger partial charge in [-0.2, -0.15) is 0 Å². The Morgan fingerprint density at radius 2 is 1.23 bits per heavy atom. The molecule has 3 heterocycles. The summed E-state index contributed by atoms with van der Waals surface area (Å²) in [5.41, 5.74) is 3.38. The van der Waals surface area contributed by atoms with Gasteiger partial charge in [0.05, 0.1) is 0 Å². The van der Waals surface area contributed by atoms with Crippen molar-refractivity contribution in [1.29, 1.82) is 0 Å². The molecule has 0 bridgehead atoms. The Labute approximate surface area is 175 Å². The number of benzene rings is 2. The Balaban J connectivity index is 1.48. The van der Waals surface area contributed by atoms with Gasteiger partial charge in [-0.3, -0.25) is 9.69 Å². The molecule has 1 fully saturated rings. The van der Waals surface area contributed by atoms with Crippen LogP contribution in [-0.2, 0) is 4.79 Å². The van der Waals surface area contributed by atoms with Crippen LogP contribution in [0.5, 0.6) is 23.0 Å². The number of fused-ring (bicyclic) bond motifs is 2. The van der Waals surface area contributed by atoms with Gasteiger partial charge in [0.25, 0.3) is 0 Å². The summed E-state index contributed by atoms with van der Waals surface area (Å²) < 4.78 is 21.7. The van der Waals surface area contributed by atoms with Gasteiger partial charge in [-0.05, 0) is 61.4 Å². The van der Waals surface area contributed by atoms with E-state index in [9.17, 15) is 4.79 Å². The zero-order valence-electron chi connectivity index (χ0n) is 17.0. The Morgan fingerprint density at radius 3 is 1.70 bits per heavy atom. The van der Waals surface area contributed by atoms with Crippen molar-refractivity contribution >= 4 is 17.9 Å². The Kier molecular flexibility index (Phi) is 4.71. The normalized spacial score (nSPS) is 20.6. The molecular formula is C24H23NO5. The molecule has 0 aromatic heterocycles. The van der Waals surface area contributed by atoms with Crippen molar-refractivity contribution in [1.82, 2.24) is 4.90 Å². The molecule has 30 heavy (non-hydrogen) atoms.